The minimum absolute atomic E-state index is 0.108. The highest BCUT2D eigenvalue weighted by Crippen LogP contribution is 2.36. The second-order valence-electron chi connectivity index (χ2n) is 7.97. The molecule has 168 valence electrons. The first-order valence-electron chi connectivity index (χ1n) is 10.3. The summed E-state index contributed by atoms with van der Waals surface area (Å²) in [6.45, 7) is 2.78. The van der Waals surface area contributed by atoms with E-state index >= 15 is 0 Å². The van der Waals surface area contributed by atoms with Gasteiger partial charge in [-0.15, -0.1) is 0 Å². The SMILES string of the molecule is Cc1ccc(S(=O)(=O)n2cc(-c3ccc4c(c3)OCCN(C)C4=O)c3cc(Br)cnc32)cc1. The Labute approximate surface area is 199 Å². The van der Waals surface area contributed by atoms with E-state index in [0.717, 1.165) is 15.6 Å². The molecule has 9 heteroatoms. The maximum atomic E-state index is 13.5. The van der Waals surface area contributed by atoms with Crippen molar-refractivity contribution in [1.82, 2.24) is 13.9 Å². The molecular weight excluding hydrogens is 506 g/mol. The third-order valence-electron chi connectivity index (χ3n) is 5.71. The average molecular weight is 526 g/mol. The van der Waals surface area contributed by atoms with E-state index < -0.39 is 10.0 Å². The van der Waals surface area contributed by atoms with E-state index in [2.05, 4.69) is 20.9 Å². The van der Waals surface area contributed by atoms with Crippen LogP contribution >= 0.6 is 15.9 Å². The second kappa shape index (κ2) is 8.00. The Morgan fingerprint density at radius 1 is 1.06 bits per heavy atom. The van der Waals surface area contributed by atoms with Gasteiger partial charge in [-0.25, -0.2) is 17.4 Å². The van der Waals surface area contributed by atoms with Crippen LogP contribution in [-0.4, -0.2) is 48.4 Å². The third-order valence-corrected chi connectivity index (χ3v) is 7.81. The van der Waals surface area contributed by atoms with Gasteiger partial charge in [0.1, 0.15) is 12.4 Å². The molecule has 4 aromatic rings. The molecule has 7 nitrogen and oxygen atoms in total. The lowest BCUT2D eigenvalue weighted by molar-refractivity contribution is 0.0796. The summed E-state index contributed by atoms with van der Waals surface area (Å²) in [5, 5.41) is 0.664. The average Bonchev–Trinajstić information content (AvgIpc) is 3.11. The van der Waals surface area contributed by atoms with Crippen LogP contribution in [0.5, 0.6) is 5.75 Å². The number of ether oxygens (including phenoxy) is 1. The highest BCUT2D eigenvalue weighted by atomic mass is 79.9. The number of carbonyl (C=O) groups is 1. The number of likely N-dealkylation sites (N-methyl/N-ethyl adjacent to an activating group) is 1. The lowest BCUT2D eigenvalue weighted by Crippen LogP contribution is -2.27. The molecule has 0 atom stereocenters. The minimum atomic E-state index is -3.87. The highest BCUT2D eigenvalue weighted by molar-refractivity contribution is 9.10. The fourth-order valence-corrected chi connectivity index (χ4v) is 5.53. The number of halogens is 1. The number of carbonyl (C=O) groups excluding carboxylic acids is 1. The van der Waals surface area contributed by atoms with Crippen molar-refractivity contribution >= 4 is 42.9 Å². The van der Waals surface area contributed by atoms with Crippen LogP contribution in [0.3, 0.4) is 0 Å². The zero-order valence-electron chi connectivity index (χ0n) is 17.9. The van der Waals surface area contributed by atoms with Gasteiger partial charge in [0.05, 0.1) is 17.0 Å². The summed E-state index contributed by atoms with van der Waals surface area (Å²) in [5.74, 6) is 0.370. The minimum Gasteiger partial charge on any atom is -0.491 e. The number of aromatic nitrogens is 2. The number of fused-ring (bicyclic) bond motifs is 2. The molecule has 0 bridgehead atoms. The molecule has 0 saturated carbocycles. The predicted molar refractivity (Wildman–Crippen MR) is 129 cm³/mol. The lowest BCUT2D eigenvalue weighted by Gasteiger charge is -2.12. The van der Waals surface area contributed by atoms with Crippen LogP contribution in [0.25, 0.3) is 22.2 Å². The van der Waals surface area contributed by atoms with Crippen LogP contribution in [0.15, 0.2) is 70.3 Å². The van der Waals surface area contributed by atoms with E-state index in [9.17, 15) is 13.2 Å². The molecule has 3 heterocycles. The molecule has 1 aliphatic heterocycles. The number of nitrogens with zero attached hydrogens (tertiary/aromatic N) is 3. The molecule has 2 aromatic heterocycles. The van der Waals surface area contributed by atoms with Crippen molar-refractivity contribution in [3.8, 4) is 16.9 Å². The molecule has 0 fully saturated rings. The monoisotopic (exact) mass is 525 g/mol. The zero-order valence-corrected chi connectivity index (χ0v) is 20.4. The van der Waals surface area contributed by atoms with Gasteiger partial charge in [-0.1, -0.05) is 23.8 Å². The number of pyridine rings is 1. The number of rotatable bonds is 3. The summed E-state index contributed by atoms with van der Waals surface area (Å²) in [6, 6.07) is 13.9. The first kappa shape index (κ1) is 21.7. The molecule has 1 aliphatic rings. The van der Waals surface area contributed by atoms with Gasteiger partial charge < -0.3 is 9.64 Å². The van der Waals surface area contributed by atoms with Crippen LogP contribution in [0.1, 0.15) is 15.9 Å². The third kappa shape index (κ3) is 3.71. The number of amides is 1. The normalized spacial score (nSPS) is 14.2. The number of benzene rings is 2. The maximum Gasteiger partial charge on any atom is 0.269 e. The van der Waals surface area contributed by atoms with Crippen LogP contribution in [0.2, 0.25) is 0 Å². The van der Waals surface area contributed by atoms with Gasteiger partial charge in [-0.2, -0.15) is 0 Å². The van der Waals surface area contributed by atoms with Gasteiger partial charge in [-0.05, 0) is 58.7 Å². The van der Waals surface area contributed by atoms with Crippen LogP contribution in [-0.2, 0) is 10.0 Å². The standard InChI is InChI=1S/C24H20BrN3O4S/c1-15-3-6-18(7-4-15)33(30,31)28-14-21(20-12-17(25)13-26-23(20)28)16-5-8-19-22(11-16)32-10-9-27(2)24(19)29/h3-8,11-14H,9-10H2,1-2H3. The molecule has 0 aliphatic carbocycles. The van der Waals surface area contributed by atoms with Crippen molar-refractivity contribution in [2.75, 3.05) is 20.2 Å². The summed E-state index contributed by atoms with van der Waals surface area (Å²) < 4.78 is 34.7. The van der Waals surface area contributed by atoms with Crippen molar-refractivity contribution < 1.29 is 17.9 Å². The molecule has 2 aromatic carbocycles. The summed E-state index contributed by atoms with van der Waals surface area (Å²) in [7, 11) is -2.14. The number of aryl methyl sites for hydroxylation is 1. The molecular formula is C24H20BrN3O4S. The summed E-state index contributed by atoms with van der Waals surface area (Å²) >= 11 is 3.44. The number of hydrogen-bond donors (Lipinski definition) is 0. The van der Waals surface area contributed by atoms with Gasteiger partial charge in [0, 0.05) is 34.9 Å². The number of hydrogen-bond acceptors (Lipinski definition) is 5. The fraction of sp³-hybridized carbons (Fsp3) is 0.167. The Balaban J connectivity index is 1.71. The Morgan fingerprint density at radius 3 is 2.58 bits per heavy atom. The first-order valence-corrected chi connectivity index (χ1v) is 12.5. The molecule has 0 saturated heterocycles. The molecule has 33 heavy (non-hydrogen) atoms. The van der Waals surface area contributed by atoms with E-state index in [1.165, 1.54) is 3.97 Å². The van der Waals surface area contributed by atoms with Crippen molar-refractivity contribution in [3.63, 3.8) is 0 Å². The Morgan fingerprint density at radius 2 is 1.82 bits per heavy atom. The highest BCUT2D eigenvalue weighted by Gasteiger charge is 2.25. The summed E-state index contributed by atoms with van der Waals surface area (Å²) in [4.78, 5) is 18.8. The molecule has 0 radical (unpaired) electrons. The van der Waals surface area contributed by atoms with Crippen molar-refractivity contribution in [3.05, 3.63) is 76.5 Å². The lowest BCUT2D eigenvalue weighted by atomic mass is 10.0. The molecule has 0 N–H and O–H groups in total. The largest absolute Gasteiger partial charge is 0.491 e. The van der Waals surface area contributed by atoms with E-state index in [0.29, 0.717) is 41.1 Å². The Hall–Kier alpha value is -3.17. The zero-order chi connectivity index (χ0) is 23.3. The molecule has 5 rings (SSSR count). The summed E-state index contributed by atoms with van der Waals surface area (Å²) in [6.07, 6.45) is 3.15. The van der Waals surface area contributed by atoms with E-state index in [1.807, 2.05) is 13.0 Å². The predicted octanol–water partition coefficient (Wildman–Crippen LogP) is 4.48. The van der Waals surface area contributed by atoms with E-state index in [4.69, 9.17) is 4.74 Å². The van der Waals surface area contributed by atoms with E-state index in [1.54, 1.807) is 66.8 Å². The van der Waals surface area contributed by atoms with Crippen LogP contribution in [0, 0.1) is 6.92 Å². The van der Waals surface area contributed by atoms with Crippen molar-refractivity contribution in [2.24, 2.45) is 0 Å². The van der Waals surface area contributed by atoms with Gasteiger partial charge >= 0.3 is 0 Å². The second-order valence-corrected chi connectivity index (χ2v) is 10.7. The molecule has 0 spiro atoms. The van der Waals surface area contributed by atoms with E-state index in [-0.39, 0.29) is 10.8 Å². The molecule has 0 unspecified atom stereocenters. The van der Waals surface area contributed by atoms with Gasteiger partial charge in [0.25, 0.3) is 15.9 Å². The Kier molecular flexibility index (Phi) is 5.25. The van der Waals surface area contributed by atoms with Crippen molar-refractivity contribution in [1.29, 1.82) is 0 Å². The van der Waals surface area contributed by atoms with Gasteiger partial charge in [0.15, 0.2) is 5.65 Å². The quantitative estimate of drug-likeness (QED) is 0.394. The van der Waals surface area contributed by atoms with Crippen LogP contribution < -0.4 is 4.74 Å². The first-order chi connectivity index (χ1) is 15.8. The smallest absolute Gasteiger partial charge is 0.269 e. The van der Waals surface area contributed by atoms with Gasteiger partial charge in [-0.3, -0.25) is 4.79 Å². The van der Waals surface area contributed by atoms with Crippen LogP contribution in [0.4, 0.5) is 0 Å². The van der Waals surface area contributed by atoms with Crippen molar-refractivity contribution in [2.45, 2.75) is 11.8 Å². The topological polar surface area (TPSA) is 81.5 Å². The van der Waals surface area contributed by atoms with Gasteiger partial charge in [0.2, 0.25) is 0 Å². The summed E-state index contributed by atoms with van der Waals surface area (Å²) in [5.41, 5.74) is 3.17. The fourth-order valence-electron chi connectivity index (χ4n) is 3.88. The maximum absolute atomic E-state index is 13.5. The Bertz CT molecular complexity index is 1510. The molecule has 1 amide bonds.